The number of nitrogens with zero attached hydrogens (tertiary/aromatic N) is 1. The second kappa shape index (κ2) is 6.18. The SMILES string of the molecule is Fc1ccc(OC(c2ccncc2)[C@H]2CCNC2)c(F)c1. The molecule has 2 aromatic rings. The first-order valence-electron chi connectivity index (χ1n) is 6.96. The zero-order chi connectivity index (χ0) is 14.7. The van der Waals surface area contributed by atoms with Gasteiger partial charge in [-0.05, 0) is 42.8 Å². The van der Waals surface area contributed by atoms with E-state index >= 15 is 0 Å². The van der Waals surface area contributed by atoms with E-state index in [4.69, 9.17) is 4.74 Å². The van der Waals surface area contributed by atoms with Crippen molar-refractivity contribution in [2.24, 2.45) is 5.92 Å². The van der Waals surface area contributed by atoms with Crippen molar-refractivity contribution in [3.05, 3.63) is 59.9 Å². The highest BCUT2D eigenvalue weighted by Crippen LogP contribution is 2.33. The lowest BCUT2D eigenvalue weighted by Crippen LogP contribution is -2.21. The molecule has 1 saturated heterocycles. The summed E-state index contributed by atoms with van der Waals surface area (Å²) in [6.45, 7) is 1.73. The van der Waals surface area contributed by atoms with Gasteiger partial charge in [-0.2, -0.15) is 0 Å². The van der Waals surface area contributed by atoms with Crippen molar-refractivity contribution in [3.8, 4) is 5.75 Å². The van der Waals surface area contributed by atoms with E-state index in [0.717, 1.165) is 31.1 Å². The van der Waals surface area contributed by atoms with E-state index in [1.54, 1.807) is 12.4 Å². The van der Waals surface area contributed by atoms with Gasteiger partial charge in [-0.15, -0.1) is 0 Å². The van der Waals surface area contributed by atoms with Crippen LogP contribution in [-0.4, -0.2) is 18.1 Å². The molecule has 1 fully saturated rings. The van der Waals surface area contributed by atoms with Gasteiger partial charge in [0.05, 0.1) is 0 Å². The van der Waals surface area contributed by atoms with Gasteiger partial charge in [-0.1, -0.05) is 0 Å². The zero-order valence-electron chi connectivity index (χ0n) is 11.4. The number of halogens is 2. The van der Waals surface area contributed by atoms with E-state index in [2.05, 4.69) is 10.3 Å². The zero-order valence-corrected chi connectivity index (χ0v) is 11.4. The second-order valence-electron chi connectivity index (χ2n) is 5.15. The molecule has 2 heterocycles. The van der Waals surface area contributed by atoms with E-state index < -0.39 is 11.6 Å². The molecular formula is C16H16F2N2O. The molecular weight excluding hydrogens is 274 g/mol. The van der Waals surface area contributed by atoms with Crippen LogP contribution in [0.4, 0.5) is 8.78 Å². The fraction of sp³-hybridized carbons (Fsp3) is 0.312. The van der Waals surface area contributed by atoms with Crippen LogP contribution < -0.4 is 10.1 Å². The van der Waals surface area contributed by atoms with Gasteiger partial charge in [0, 0.05) is 30.9 Å². The van der Waals surface area contributed by atoms with Gasteiger partial charge < -0.3 is 10.1 Å². The monoisotopic (exact) mass is 290 g/mol. The molecule has 0 spiro atoms. The summed E-state index contributed by atoms with van der Waals surface area (Å²) >= 11 is 0. The molecule has 2 atom stereocenters. The quantitative estimate of drug-likeness (QED) is 0.939. The molecule has 0 saturated carbocycles. The summed E-state index contributed by atoms with van der Waals surface area (Å²) in [6.07, 6.45) is 4.06. The molecule has 3 rings (SSSR count). The lowest BCUT2D eigenvalue weighted by Gasteiger charge is -2.25. The Morgan fingerprint density at radius 3 is 2.67 bits per heavy atom. The minimum atomic E-state index is -0.681. The van der Waals surface area contributed by atoms with E-state index in [-0.39, 0.29) is 17.8 Å². The number of hydrogen-bond donors (Lipinski definition) is 1. The maximum absolute atomic E-state index is 13.8. The molecule has 110 valence electrons. The highest BCUT2D eigenvalue weighted by Gasteiger charge is 2.28. The van der Waals surface area contributed by atoms with E-state index in [1.807, 2.05) is 12.1 Å². The maximum Gasteiger partial charge on any atom is 0.168 e. The predicted molar refractivity (Wildman–Crippen MR) is 74.9 cm³/mol. The Morgan fingerprint density at radius 1 is 1.19 bits per heavy atom. The van der Waals surface area contributed by atoms with Gasteiger partial charge in [0.2, 0.25) is 0 Å². The van der Waals surface area contributed by atoms with Gasteiger partial charge in [0.15, 0.2) is 11.6 Å². The van der Waals surface area contributed by atoms with Crippen molar-refractivity contribution >= 4 is 0 Å². The molecule has 0 bridgehead atoms. The fourth-order valence-electron chi connectivity index (χ4n) is 2.63. The Bertz CT molecular complexity index is 600. The highest BCUT2D eigenvalue weighted by atomic mass is 19.1. The van der Waals surface area contributed by atoms with Crippen LogP contribution in [0.25, 0.3) is 0 Å². The molecule has 0 aliphatic carbocycles. The fourth-order valence-corrected chi connectivity index (χ4v) is 2.63. The smallest absolute Gasteiger partial charge is 0.168 e. The van der Waals surface area contributed by atoms with Crippen LogP contribution >= 0.6 is 0 Å². The average Bonchev–Trinajstić information content (AvgIpc) is 3.01. The van der Waals surface area contributed by atoms with Gasteiger partial charge in [-0.25, -0.2) is 8.78 Å². The number of benzene rings is 1. The third-order valence-electron chi connectivity index (χ3n) is 3.71. The Kier molecular flexibility index (Phi) is 4.10. The summed E-state index contributed by atoms with van der Waals surface area (Å²) in [4.78, 5) is 4.00. The lowest BCUT2D eigenvalue weighted by molar-refractivity contribution is 0.138. The van der Waals surface area contributed by atoms with E-state index in [1.165, 1.54) is 12.1 Å². The number of rotatable bonds is 4. The van der Waals surface area contributed by atoms with Crippen molar-refractivity contribution in [3.63, 3.8) is 0 Å². The second-order valence-corrected chi connectivity index (χ2v) is 5.15. The van der Waals surface area contributed by atoms with Crippen LogP contribution in [0, 0.1) is 17.6 Å². The largest absolute Gasteiger partial charge is 0.482 e. The maximum atomic E-state index is 13.8. The number of aromatic nitrogens is 1. The minimum absolute atomic E-state index is 0.0742. The van der Waals surface area contributed by atoms with Gasteiger partial charge in [0.25, 0.3) is 0 Å². The number of pyridine rings is 1. The first kappa shape index (κ1) is 13.9. The Labute approximate surface area is 122 Å². The van der Waals surface area contributed by atoms with E-state index in [9.17, 15) is 8.78 Å². The number of hydrogen-bond acceptors (Lipinski definition) is 3. The Morgan fingerprint density at radius 2 is 2.00 bits per heavy atom. The lowest BCUT2D eigenvalue weighted by atomic mass is 9.95. The molecule has 0 radical (unpaired) electrons. The molecule has 1 aliphatic heterocycles. The highest BCUT2D eigenvalue weighted by molar-refractivity contribution is 5.27. The first-order chi connectivity index (χ1) is 10.2. The van der Waals surface area contributed by atoms with Gasteiger partial charge >= 0.3 is 0 Å². The molecule has 21 heavy (non-hydrogen) atoms. The van der Waals surface area contributed by atoms with Crippen molar-refractivity contribution in [1.82, 2.24) is 10.3 Å². The summed E-state index contributed by atoms with van der Waals surface area (Å²) in [7, 11) is 0. The molecule has 1 aromatic heterocycles. The average molecular weight is 290 g/mol. The summed E-state index contributed by atoms with van der Waals surface area (Å²) < 4.78 is 32.7. The summed E-state index contributed by atoms with van der Waals surface area (Å²) in [5.74, 6) is -0.968. The topological polar surface area (TPSA) is 34.1 Å². The Balaban J connectivity index is 1.88. The minimum Gasteiger partial charge on any atom is -0.482 e. The van der Waals surface area contributed by atoms with Crippen LogP contribution in [0.2, 0.25) is 0 Å². The van der Waals surface area contributed by atoms with Crippen LogP contribution in [-0.2, 0) is 0 Å². The number of ether oxygens (including phenoxy) is 1. The molecule has 1 N–H and O–H groups in total. The Hall–Kier alpha value is -2.01. The standard InChI is InChI=1S/C16H16F2N2O/c17-13-1-2-15(14(18)9-13)21-16(12-5-8-20-10-12)11-3-6-19-7-4-11/h1-4,6-7,9,12,16,20H,5,8,10H2/t12-,16?/m0/s1. The van der Waals surface area contributed by atoms with Crippen LogP contribution in [0.1, 0.15) is 18.1 Å². The molecule has 5 heteroatoms. The van der Waals surface area contributed by atoms with Crippen LogP contribution in [0.3, 0.4) is 0 Å². The first-order valence-corrected chi connectivity index (χ1v) is 6.96. The molecule has 0 amide bonds. The normalized spacial score (nSPS) is 19.4. The summed E-state index contributed by atoms with van der Waals surface area (Å²) in [5, 5.41) is 3.28. The number of nitrogens with one attached hydrogen (secondary N) is 1. The van der Waals surface area contributed by atoms with Crippen LogP contribution in [0.5, 0.6) is 5.75 Å². The molecule has 1 unspecified atom stereocenters. The van der Waals surface area contributed by atoms with Crippen molar-refractivity contribution in [1.29, 1.82) is 0 Å². The molecule has 1 aliphatic rings. The summed E-state index contributed by atoms with van der Waals surface area (Å²) in [6, 6.07) is 7.11. The van der Waals surface area contributed by atoms with Gasteiger partial charge in [0.1, 0.15) is 11.9 Å². The third kappa shape index (κ3) is 3.19. The predicted octanol–water partition coefficient (Wildman–Crippen LogP) is 3.09. The molecule has 3 nitrogen and oxygen atoms in total. The van der Waals surface area contributed by atoms with E-state index in [0.29, 0.717) is 0 Å². The van der Waals surface area contributed by atoms with Crippen molar-refractivity contribution < 1.29 is 13.5 Å². The van der Waals surface area contributed by atoms with Crippen molar-refractivity contribution in [2.45, 2.75) is 12.5 Å². The van der Waals surface area contributed by atoms with Gasteiger partial charge in [-0.3, -0.25) is 4.98 Å². The third-order valence-corrected chi connectivity index (χ3v) is 3.71. The van der Waals surface area contributed by atoms with Crippen LogP contribution in [0.15, 0.2) is 42.7 Å². The van der Waals surface area contributed by atoms with Crippen molar-refractivity contribution in [2.75, 3.05) is 13.1 Å². The summed E-state index contributed by atoms with van der Waals surface area (Å²) in [5.41, 5.74) is 0.947. The molecule has 1 aromatic carbocycles.